The number of nitrogens with zero attached hydrogens (tertiary/aromatic N) is 4. The van der Waals surface area contributed by atoms with Crippen LogP contribution in [0.2, 0.25) is 0 Å². The first-order valence-corrected chi connectivity index (χ1v) is 13.2. The molecule has 0 radical (unpaired) electrons. The predicted octanol–water partition coefficient (Wildman–Crippen LogP) is 3.49. The maximum Gasteiger partial charge on any atom is 0.253 e. The van der Waals surface area contributed by atoms with E-state index in [4.69, 9.17) is 4.74 Å². The largest absolute Gasteiger partial charge is 0.473 e. The minimum Gasteiger partial charge on any atom is -0.473 e. The lowest BCUT2D eigenvalue weighted by Crippen LogP contribution is -2.42. The molecule has 8 nitrogen and oxygen atoms in total. The number of amides is 1. The number of hydrogen-bond acceptors (Lipinski definition) is 6. The fraction of sp³-hybridized carbons (Fsp3) is 0.400. The second-order valence-electron chi connectivity index (χ2n) is 8.84. The standard InChI is InChI=1S/C25H28N4O4S/c30-25(19-8-10-22(11-9-19)34(31,32)29-14-4-1-5-15-29)28-16-12-21(13-17-28)33-24-23-7-3-2-6-20(23)18-26-27-24/h2-3,6-11,18,21H,1,4-5,12-17H2. The predicted molar refractivity (Wildman–Crippen MR) is 128 cm³/mol. The Morgan fingerprint density at radius 2 is 1.62 bits per heavy atom. The molecule has 2 aliphatic heterocycles. The number of aromatic nitrogens is 2. The third-order valence-electron chi connectivity index (χ3n) is 6.60. The van der Waals surface area contributed by atoms with Crippen molar-refractivity contribution >= 4 is 26.7 Å². The van der Waals surface area contributed by atoms with Crippen LogP contribution in [0.25, 0.3) is 10.8 Å². The van der Waals surface area contributed by atoms with Crippen LogP contribution < -0.4 is 4.74 Å². The van der Waals surface area contributed by atoms with Crippen molar-refractivity contribution in [2.24, 2.45) is 0 Å². The van der Waals surface area contributed by atoms with Gasteiger partial charge in [0, 0.05) is 55.4 Å². The van der Waals surface area contributed by atoms with E-state index < -0.39 is 10.0 Å². The molecule has 0 spiro atoms. The number of rotatable bonds is 5. The van der Waals surface area contributed by atoms with Crippen molar-refractivity contribution in [3.05, 3.63) is 60.3 Å². The van der Waals surface area contributed by atoms with Crippen molar-refractivity contribution in [1.29, 1.82) is 0 Å². The third-order valence-corrected chi connectivity index (χ3v) is 8.51. The van der Waals surface area contributed by atoms with Crippen LogP contribution in [0.4, 0.5) is 0 Å². The first-order valence-electron chi connectivity index (χ1n) is 11.8. The zero-order chi connectivity index (χ0) is 23.5. The van der Waals surface area contributed by atoms with Crippen LogP contribution in [0, 0.1) is 0 Å². The van der Waals surface area contributed by atoms with Gasteiger partial charge in [0.1, 0.15) is 6.10 Å². The highest BCUT2D eigenvalue weighted by Gasteiger charge is 2.28. The van der Waals surface area contributed by atoms with Crippen LogP contribution in [0.1, 0.15) is 42.5 Å². The van der Waals surface area contributed by atoms with Crippen molar-refractivity contribution in [2.45, 2.75) is 43.1 Å². The summed E-state index contributed by atoms with van der Waals surface area (Å²) in [5.41, 5.74) is 0.497. The van der Waals surface area contributed by atoms with Gasteiger partial charge in [0.15, 0.2) is 0 Å². The number of piperidine rings is 2. The van der Waals surface area contributed by atoms with Gasteiger partial charge in [-0.3, -0.25) is 4.79 Å². The molecule has 2 aliphatic rings. The number of likely N-dealkylation sites (tertiary alicyclic amines) is 1. The average molecular weight is 481 g/mol. The Balaban J connectivity index is 1.20. The van der Waals surface area contributed by atoms with Gasteiger partial charge in [0.25, 0.3) is 5.91 Å². The first kappa shape index (κ1) is 22.7. The molecule has 0 atom stereocenters. The molecular weight excluding hydrogens is 452 g/mol. The smallest absolute Gasteiger partial charge is 0.253 e. The average Bonchev–Trinajstić information content (AvgIpc) is 2.89. The molecule has 2 fully saturated rings. The molecule has 3 aromatic rings. The van der Waals surface area contributed by atoms with Crippen molar-refractivity contribution in [3.63, 3.8) is 0 Å². The second kappa shape index (κ2) is 9.68. The van der Waals surface area contributed by atoms with E-state index in [1.807, 2.05) is 24.3 Å². The maximum atomic E-state index is 13.0. The van der Waals surface area contributed by atoms with Gasteiger partial charge >= 0.3 is 0 Å². The summed E-state index contributed by atoms with van der Waals surface area (Å²) in [5.74, 6) is 0.429. The van der Waals surface area contributed by atoms with E-state index in [0.717, 1.165) is 30.0 Å². The molecule has 2 saturated heterocycles. The lowest BCUT2D eigenvalue weighted by atomic mass is 10.1. The fourth-order valence-electron chi connectivity index (χ4n) is 4.63. The Labute approximate surface area is 199 Å². The SMILES string of the molecule is O=C(c1ccc(S(=O)(=O)N2CCCCC2)cc1)N1CCC(Oc2nncc3ccccc23)CC1. The number of carbonyl (C=O) groups is 1. The second-order valence-corrected chi connectivity index (χ2v) is 10.8. The van der Waals surface area contributed by atoms with Crippen LogP contribution in [0.3, 0.4) is 0 Å². The van der Waals surface area contributed by atoms with Crippen LogP contribution in [0.5, 0.6) is 5.88 Å². The molecule has 9 heteroatoms. The minimum absolute atomic E-state index is 0.0405. The van der Waals surface area contributed by atoms with Gasteiger partial charge in [-0.1, -0.05) is 24.6 Å². The topological polar surface area (TPSA) is 92.7 Å². The molecule has 0 aliphatic carbocycles. The van der Waals surface area contributed by atoms with Gasteiger partial charge in [-0.2, -0.15) is 9.40 Å². The normalized spacial score (nSPS) is 18.2. The number of fused-ring (bicyclic) bond motifs is 1. The first-order chi connectivity index (χ1) is 16.5. The Morgan fingerprint density at radius 1 is 0.912 bits per heavy atom. The number of benzene rings is 2. The monoisotopic (exact) mass is 480 g/mol. The molecule has 1 amide bonds. The Hall–Kier alpha value is -3.04. The van der Waals surface area contributed by atoms with Gasteiger partial charge in [-0.05, 0) is 43.2 Å². The van der Waals surface area contributed by atoms with Crippen LogP contribution in [-0.2, 0) is 10.0 Å². The molecule has 2 aromatic carbocycles. The van der Waals surface area contributed by atoms with Crippen LogP contribution >= 0.6 is 0 Å². The summed E-state index contributed by atoms with van der Waals surface area (Å²) in [6, 6.07) is 14.2. The molecule has 0 bridgehead atoms. The van der Waals surface area contributed by atoms with E-state index in [1.165, 1.54) is 0 Å². The fourth-order valence-corrected chi connectivity index (χ4v) is 6.15. The minimum atomic E-state index is -3.50. The van der Waals surface area contributed by atoms with Crippen molar-refractivity contribution in [2.75, 3.05) is 26.2 Å². The molecule has 178 valence electrons. The zero-order valence-corrected chi connectivity index (χ0v) is 19.8. The summed E-state index contributed by atoms with van der Waals surface area (Å²) in [6.07, 6.45) is 5.91. The Kier molecular flexibility index (Phi) is 6.47. The lowest BCUT2D eigenvalue weighted by Gasteiger charge is -2.32. The van der Waals surface area contributed by atoms with Gasteiger partial charge < -0.3 is 9.64 Å². The third kappa shape index (κ3) is 4.63. The quantitative estimate of drug-likeness (QED) is 0.555. The Bertz CT molecular complexity index is 1260. The molecule has 1 aromatic heterocycles. The summed E-state index contributed by atoms with van der Waals surface area (Å²) in [5, 5.41) is 10.1. The number of sulfonamides is 1. The molecule has 3 heterocycles. The molecule has 5 rings (SSSR count). The number of hydrogen-bond donors (Lipinski definition) is 0. The highest BCUT2D eigenvalue weighted by molar-refractivity contribution is 7.89. The van der Waals surface area contributed by atoms with E-state index >= 15 is 0 Å². The van der Waals surface area contributed by atoms with E-state index in [1.54, 1.807) is 39.7 Å². The zero-order valence-electron chi connectivity index (χ0n) is 19.0. The lowest BCUT2D eigenvalue weighted by molar-refractivity contribution is 0.0589. The molecule has 34 heavy (non-hydrogen) atoms. The van der Waals surface area contributed by atoms with Gasteiger partial charge in [-0.25, -0.2) is 8.42 Å². The van der Waals surface area contributed by atoms with Crippen molar-refractivity contribution in [3.8, 4) is 5.88 Å². The van der Waals surface area contributed by atoms with E-state index in [0.29, 0.717) is 50.5 Å². The Morgan fingerprint density at radius 3 is 2.35 bits per heavy atom. The summed E-state index contributed by atoms with van der Waals surface area (Å²) in [7, 11) is -3.50. The van der Waals surface area contributed by atoms with Gasteiger partial charge in [0.05, 0.1) is 11.1 Å². The van der Waals surface area contributed by atoms with E-state index in [-0.39, 0.29) is 16.9 Å². The van der Waals surface area contributed by atoms with Gasteiger partial charge in [-0.15, -0.1) is 5.10 Å². The van der Waals surface area contributed by atoms with Crippen molar-refractivity contribution < 1.29 is 17.9 Å². The number of carbonyl (C=O) groups excluding carboxylic acids is 1. The van der Waals surface area contributed by atoms with Gasteiger partial charge in [0.2, 0.25) is 15.9 Å². The van der Waals surface area contributed by atoms with Crippen LogP contribution in [0.15, 0.2) is 59.6 Å². The molecule has 0 saturated carbocycles. The molecule has 0 N–H and O–H groups in total. The van der Waals surface area contributed by atoms with Crippen LogP contribution in [-0.4, -0.2) is 66.0 Å². The summed E-state index contributed by atoms with van der Waals surface area (Å²) in [4.78, 5) is 15.0. The summed E-state index contributed by atoms with van der Waals surface area (Å²) >= 11 is 0. The number of ether oxygens (including phenoxy) is 1. The van der Waals surface area contributed by atoms with E-state index in [9.17, 15) is 13.2 Å². The highest BCUT2D eigenvalue weighted by Crippen LogP contribution is 2.26. The summed E-state index contributed by atoms with van der Waals surface area (Å²) in [6.45, 7) is 2.25. The van der Waals surface area contributed by atoms with Crippen molar-refractivity contribution in [1.82, 2.24) is 19.4 Å². The maximum absolute atomic E-state index is 13.0. The molecular formula is C25H28N4O4S. The highest BCUT2D eigenvalue weighted by atomic mass is 32.2. The molecule has 0 unspecified atom stereocenters. The summed E-state index contributed by atoms with van der Waals surface area (Å²) < 4.78 is 33.4. The van der Waals surface area contributed by atoms with E-state index in [2.05, 4.69) is 10.2 Å².